The van der Waals surface area contributed by atoms with Gasteiger partial charge >= 0.3 is 5.97 Å². The van der Waals surface area contributed by atoms with Gasteiger partial charge in [0.2, 0.25) is 0 Å². The molecule has 29 heavy (non-hydrogen) atoms. The van der Waals surface area contributed by atoms with Crippen LogP contribution in [0.25, 0.3) is 0 Å². The number of rotatable bonds is 5. The van der Waals surface area contributed by atoms with Crippen LogP contribution in [0, 0.1) is 17.3 Å². The average molecular weight is 398 g/mol. The van der Waals surface area contributed by atoms with Gasteiger partial charge in [-0.05, 0) is 64.0 Å². The minimum atomic E-state index is -0.577. The van der Waals surface area contributed by atoms with Crippen LogP contribution in [-0.2, 0) is 9.53 Å². The van der Waals surface area contributed by atoms with Crippen LogP contribution in [0.4, 0.5) is 0 Å². The van der Waals surface area contributed by atoms with Crippen molar-refractivity contribution in [3.8, 4) is 0 Å². The van der Waals surface area contributed by atoms with Gasteiger partial charge in [0.15, 0.2) is 0 Å². The van der Waals surface area contributed by atoms with E-state index in [-0.39, 0.29) is 35.4 Å². The summed E-state index contributed by atoms with van der Waals surface area (Å²) in [6.07, 6.45) is 5.10. The van der Waals surface area contributed by atoms with Crippen molar-refractivity contribution in [1.29, 1.82) is 0 Å². The lowest BCUT2D eigenvalue weighted by atomic mass is 9.59. The maximum atomic E-state index is 12.8. The van der Waals surface area contributed by atoms with Gasteiger partial charge in [0.05, 0.1) is 12.0 Å². The molecule has 4 heteroatoms. The zero-order valence-electron chi connectivity index (χ0n) is 18.2. The van der Waals surface area contributed by atoms with Crippen LogP contribution in [0.1, 0.15) is 64.5 Å². The predicted octanol–water partition coefficient (Wildman–Crippen LogP) is 4.50. The van der Waals surface area contributed by atoms with E-state index >= 15 is 0 Å². The molecule has 6 atom stereocenters. The second kappa shape index (κ2) is 7.88. The van der Waals surface area contributed by atoms with Crippen LogP contribution < -0.4 is 0 Å². The highest BCUT2D eigenvalue weighted by atomic mass is 16.6. The van der Waals surface area contributed by atoms with E-state index in [0.29, 0.717) is 6.54 Å². The first-order valence-electron chi connectivity index (χ1n) is 11.1. The number of aliphatic hydroxyl groups is 1. The van der Waals surface area contributed by atoms with E-state index in [1.54, 1.807) is 5.57 Å². The first kappa shape index (κ1) is 20.6. The van der Waals surface area contributed by atoms with Gasteiger partial charge < -0.3 is 9.84 Å². The van der Waals surface area contributed by atoms with Gasteiger partial charge in [0.1, 0.15) is 6.10 Å². The number of carbonyl (C=O) groups excluding carboxylic acids is 1. The summed E-state index contributed by atoms with van der Waals surface area (Å²) in [4.78, 5) is 14.9. The zero-order valence-corrected chi connectivity index (χ0v) is 18.2. The molecule has 1 aromatic carbocycles. The smallest absolute Gasteiger partial charge is 0.310 e. The number of nitrogens with zero attached hydrogens (tertiary/aromatic N) is 1. The number of carbonyl (C=O) groups is 1. The van der Waals surface area contributed by atoms with E-state index in [1.165, 1.54) is 24.8 Å². The fraction of sp³-hybridized carbons (Fsp3) is 0.640. The molecule has 1 saturated heterocycles. The van der Waals surface area contributed by atoms with Gasteiger partial charge in [-0.25, -0.2) is 0 Å². The lowest BCUT2D eigenvalue weighted by Crippen LogP contribution is -2.43. The first-order valence-corrected chi connectivity index (χ1v) is 11.1. The molecule has 1 saturated carbocycles. The topological polar surface area (TPSA) is 49.8 Å². The molecule has 0 radical (unpaired) electrons. The SMILES string of the molecule is CC1=C2CC3C(CC2(C)CCC1)OC(=O)C3CN(C)C(C)C(O)c1ccccc1. The summed E-state index contributed by atoms with van der Waals surface area (Å²) in [5.74, 6) is 0.109. The molecule has 1 N–H and O–H groups in total. The molecule has 1 aromatic rings. The van der Waals surface area contributed by atoms with E-state index in [2.05, 4.69) is 18.7 Å². The van der Waals surface area contributed by atoms with Gasteiger partial charge in [-0.2, -0.15) is 0 Å². The molecular weight excluding hydrogens is 362 g/mol. The summed E-state index contributed by atoms with van der Waals surface area (Å²) in [5, 5.41) is 10.8. The maximum absolute atomic E-state index is 12.8. The number of esters is 1. The molecule has 0 amide bonds. The van der Waals surface area contributed by atoms with Crippen molar-refractivity contribution in [2.75, 3.05) is 13.6 Å². The third-order valence-corrected chi connectivity index (χ3v) is 7.96. The lowest BCUT2D eigenvalue weighted by molar-refractivity contribution is -0.145. The van der Waals surface area contributed by atoms with Crippen molar-refractivity contribution in [2.24, 2.45) is 17.3 Å². The van der Waals surface area contributed by atoms with Crippen LogP contribution in [0.5, 0.6) is 0 Å². The quantitative estimate of drug-likeness (QED) is 0.587. The summed E-state index contributed by atoms with van der Waals surface area (Å²) in [5.41, 5.74) is 4.25. The molecule has 0 aromatic heterocycles. The van der Waals surface area contributed by atoms with E-state index < -0.39 is 6.10 Å². The fourth-order valence-electron chi connectivity index (χ4n) is 5.97. The second-order valence-corrected chi connectivity index (χ2v) is 9.86. The normalized spacial score (nSPS) is 33.9. The van der Waals surface area contributed by atoms with Crippen molar-refractivity contribution in [3.05, 3.63) is 47.0 Å². The summed E-state index contributed by atoms with van der Waals surface area (Å²) in [6, 6.07) is 9.68. The molecular formula is C25H35NO3. The molecule has 2 aliphatic carbocycles. The number of hydrogen-bond acceptors (Lipinski definition) is 4. The highest BCUT2D eigenvalue weighted by Crippen LogP contribution is 2.55. The number of allylic oxidation sites excluding steroid dienone is 2. The molecule has 4 nitrogen and oxygen atoms in total. The molecule has 158 valence electrons. The molecule has 1 heterocycles. The van der Waals surface area contributed by atoms with Crippen LogP contribution >= 0.6 is 0 Å². The largest absolute Gasteiger partial charge is 0.462 e. The average Bonchev–Trinajstić information content (AvgIpc) is 2.99. The van der Waals surface area contributed by atoms with Crippen molar-refractivity contribution < 1.29 is 14.6 Å². The van der Waals surface area contributed by atoms with Crippen LogP contribution in [0.15, 0.2) is 41.5 Å². The van der Waals surface area contributed by atoms with E-state index in [4.69, 9.17) is 4.74 Å². The Balaban J connectivity index is 1.48. The molecule has 1 aliphatic heterocycles. The maximum Gasteiger partial charge on any atom is 0.310 e. The summed E-state index contributed by atoms with van der Waals surface area (Å²) in [7, 11) is 2.01. The van der Waals surface area contributed by atoms with Crippen LogP contribution in [-0.4, -0.2) is 41.7 Å². The van der Waals surface area contributed by atoms with Crippen LogP contribution in [0.2, 0.25) is 0 Å². The fourth-order valence-corrected chi connectivity index (χ4v) is 5.97. The zero-order chi connectivity index (χ0) is 20.8. The Morgan fingerprint density at radius 2 is 2.03 bits per heavy atom. The Morgan fingerprint density at radius 3 is 2.76 bits per heavy atom. The second-order valence-electron chi connectivity index (χ2n) is 9.86. The Bertz CT molecular complexity index is 789. The number of aliphatic hydroxyl groups excluding tert-OH is 1. The molecule has 2 fully saturated rings. The number of likely N-dealkylation sites (N-methyl/N-ethyl adjacent to an activating group) is 1. The van der Waals surface area contributed by atoms with Gasteiger partial charge in [0, 0.05) is 18.5 Å². The summed E-state index contributed by atoms with van der Waals surface area (Å²) in [6.45, 7) is 7.31. The highest BCUT2D eigenvalue weighted by molar-refractivity contribution is 5.76. The van der Waals surface area contributed by atoms with Crippen molar-refractivity contribution >= 4 is 5.97 Å². The minimum Gasteiger partial charge on any atom is -0.462 e. The van der Waals surface area contributed by atoms with Gasteiger partial charge in [0.25, 0.3) is 0 Å². The van der Waals surface area contributed by atoms with Gasteiger partial charge in [-0.15, -0.1) is 0 Å². The number of hydrogen-bond donors (Lipinski definition) is 1. The third kappa shape index (κ3) is 3.77. The standard InChI is InChI=1S/C25H35NO3/c1-16-9-8-12-25(3)14-22-19(13-21(16)25)20(24(28)29-22)15-26(4)17(2)23(27)18-10-6-5-7-11-18/h5-7,10-11,17,19-20,22-23,27H,8-9,12-15H2,1-4H3. The third-order valence-electron chi connectivity index (χ3n) is 7.96. The number of benzene rings is 1. The minimum absolute atomic E-state index is 0.0475. The Kier molecular flexibility index (Phi) is 5.60. The van der Waals surface area contributed by atoms with E-state index in [0.717, 1.165) is 18.4 Å². The monoisotopic (exact) mass is 397 g/mol. The first-order chi connectivity index (χ1) is 13.8. The van der Waals surface area contributed by atoms with E-state index in [9.17, 15) is 9.90 Å². The van der Waals surface area contributed by atoms with Crippen molar-refractivity contribution in [1.82, 2.24) is 4.90 Å². The lowest BCUT2D eigenvalue weighted by Gasteiger charge is -2.46. The molecule has 6 unspecified atom stereocenters. The highest BCUT2D eigenvalue weighted by Gasteiger charge is 2.53. The van der Waals surface area contributed by atoms with E-state index in [1.807, 2.05) is 44.3 Å². The Labute approximate surface area is 174 Å². The molecule has 0 spiro atoms. The summed E-state index contributed by atoms with van der Waals surface area (Å²) < 4.78 is 5.90. The Hall–Kier alpha value is -1.65. The van der Waals surface area contributed by atoms with Crippen molar-refractivity contribution in [2.45, 2.75) is 71.1 Å². The number of ether oxygens (including phenoxy) is 1. The summed E-state index contributed by atoms with van der Waals surface area (Å²) >= 11 is 0. The van der Waals surface area contributed by atoms with Gasteiger partial charge in [-0.3, -0.25) is 9.69 Å². The predicted molar refractivity (Wildman–Crippen MR) is 114 cm³/mol. The van der Waals surface area contributed by atoms with Crippen molar-refractivity contribution in [3.63, 3.8) is 0 Å². The molecule has 3 aliphatic rings. The number of fused-ring (bicyclic) bond motifs is 2. The van der Waals surface area contributed by atoms with Gasteiger partial charge in [-0.1, -0.05) is 48.4 Å². The molecule has 0 bridgehead atoms. The molecule has 4 rings (SSSR count). The Morgan fingerprint density at radius 1 is 1.31 bits per heavy atom. The van der Waals surface area contributed by atoms with Crippen LogP contribution in [0.3, 0.4) is 0 Å².